The Labute approximate surface area is 125 Å². The molecule has 0 saturated carbocycles. The first-order valence-electron chi connectivity index (χ1n) is 7.57. The van der Waals surface area contributed by atoms with Crippen molar-refractivity contribution in [2.45, 2.75) is 33.6 Å². The van der Waals surface area contributed by atoms with E-state index in [0.29, 0.717) is 5.92 Å². The molecule has 2 aromatic heterocycles. The summed E-state index contributed by atoms with van der Waals surface area (Å²) in [5.74, 6) is 0.835. The summed E-state index contributed by atoms with van der Waals surface area (Å²) in [7, 11) is 1.87. The molecule has 0 radical (unpaired) electrons. The SMILES string of the molecule is Cc1cc(C(=O)N2CCC(C)CC2)c2c(C)nn(C)c2n1. The molecular formula is C16H22N4O. The number of carbonyl (C=O) groups excluding carboxylic acids is 1. The Morgan fingerprint density at radius 3 is 2.62 bits per heavy atom. The Morgan fingerprint density at radius 2 is 1.95 bits per heavy atom. The van der Waals surface area contributed by atoms with Crippen LogP contribution in [0.1, 0.15) is 41.5 Å². The van der Waals surface area contributed by atoms with Gasteiger partial charge in [-0.25, -0.2) is 4.98 Å². The lowest BCUT2D eigenvalue weighted by molar-refractivity contribution is 0.0699. The van der Waals surface area contributed by atoms with Crippen molar-refractivity contribution < 1.29 is 4.79 Å². The van der Waals surface area contributed by atoms with Gasteiger partial charge in [-0.3, -0.25) is 9.48 Å². The van der Waals surface area contributed by atoms with Gasteiger partial charge < -0.3 is 4.90 Å². The van der Waals surface area contributed by atoms with Crippen LogP contribution >= 0.6 is 0 Å². The van der Waals surface area contributed by atoms with Gasteiger partial charge in [-0.1, -0.05) is 6.92 Å². The second-order valence-electron chi connectivity index (χ2n) is 6.19. The van der Waals surface area contributed by atoms with E-state index in [1.165, 1.54) is 0 Å². The van der Waals surface area contributed by atoms with Crippen molar-refractivity contribution in [2.75, 3.05) is 13.1 Å². The molecule has 21 heavy (non-hydrogen) atoms. The van der Waals surface area contributed by atoms with E-state index in [4.69, 9.17) is 0 Å². The molecule has 0 atom stereocenters. The number of amides is 1. The van der Waals surface area contributed by atoms with Crippen LogP contribution in [0, 0.1) is 19.8 Å². The molecule has 2 aromatic rings. The van der Waals surface area contributed by atoms with Crippen LogP contribution in [-0.2, 0) is 7.05 Å². The maximum absolute atomic E-state index is 12.9. The first kappa shape index (κ1) is 14.0. The summed E-state index contributed by atoms with van der Waals surface area (Å²) in [6.45, 7) is 7.82. The summed E-state index contributed by atoms with van der Waals surface area (Å²) in [6.07, 6.45) is 2.18. The number of hydrogen-bond acceptors (Lipinski definition) is 3. The summed E-state index contributed by atoms with van der Waals surface area (Å²) in [5.41, 5.74) is 3.27. The molecule has 0 N–H and O–H groups in total. The Morgan fingerprint density at radius 1 is 1.29 bits per heavy atom. The largest absolute Gasteiger partial charge is 0.339 e. The molecule has 5 nitrogen and oxygen atoms in total. The highest BCUT2D eigenvalue weighted by Gasteiger charge is 2.25. The molecule has 0 spiro atoms. The Bertz CT molecular complexity index is 696. The van der Waals surface area contributed by atoms with Crippen molar-refractivity contribution in [2.24, 2.45) is 13.0 Å². The zero-order chi connectivity index (χ0) is 15.1. The van der Waals surface area contributed by atoms with Gasteiger partial charge in [0.25, 0.3) is 5.91 Å². The first-order chi connectivity index (χ1) is 9.97. The van der Waals surface area contributed by atoms with Crippen LogP contribution in [0.3, 0.4) is 0 Å². The number of hydrogen-bond donors (Lipinski definition) is 0. The summed E-state index contributed by atoms with van der Waals surface area (Å²) in [4.78, 5) is 19.4. The van der Waals surface area contributed by atoms with E-state index < -0.39 is 0 Å². The van der Waals surface area contributed by atoms with Crippen LogP contribution in [-0.4, -0.2) is 38.7 Å². The quantitative estimate of drug-likeness (QED) is 0.809. The van der Waals surface area contributed by atoms with Crippen LogP contribution < -0.4 is 0 Å². The number of aryl methyl sites for hydroxylation is 3. The molecule has 0 bridgehead atoms. The molecule has 0 unspecified atom stereocenters. The van der Waals surface area contributed by atoms with Crippen LogP contribution in [0.4, 0.5) is 0 Å². The number of nitrogens with zero attached hydrogens (tertiary/aromatic N) is 4. The van der Waals surface area contributed by atoms with Crippen molar-refractivity contribution in [3.8, 4) is 0 Å². The van der Waals surface area contributed by atoms with Crippen molar-refractivity contribution in [1.29, 1.82) is 0 Å². The van der Waals surface area contributed by atoms with Crippen molar-refractivity contribution >= 4 is 16.9 Å². The smallest absolute Gasteiger partial charge is 0.254 e. The Kier molecular flexibility index (Phi) is 3.43. The predicted molar refractivity (Wildman–Crippen MR) is 82.3 cm³/mol. The molecule has 5 heteroatoms. The van der Waals surface area contributed by atoms with E-state index >= 15 is 0 Å². The lowest BCUT2D eigenvalue weighted by atomic mass is 9.98. The number of fused-ring (bicyclic) bond motifs is 1. The van der Waals surface area contributed by atoms with Gasteiger partial charge in [-0.15, -0.1) is 0 Å². The maximum atomic E-state index is 12.9. The molecule has 0 aromatic carbocycles. The van der Waals surface area contributed by atoms with Crippen LogP contribution in [0.25, 0.3) is 11.0 Å². The third-order valence-electron chi connectivity index (χ3n) is 4.40. The van der Waals surface area contributed by atoms with E-state index in [-0.39, 0.29) is 5.91 Å². The van der Waals surface area contributed by atoms with Crippen molar-refractivity contribution in [1.82, 2.24) is 19.7 Å². The molecule has 1 saturated heterocycles. The first-order valence-corrected chi connectivity index (χ1v) is 7.57. The average molecular weight is 286 g/mol. The third-order valence-corrected chi connectivity index (χ3v) is 4.40. The highest BCUT2D eigenvalue weighted by atomic mass is 16.2. The Hall–Kier alpha value is -1.91. The molecule has 0 aliphatic carbocycles. The fraction of sp³-hybridized carbons (Fsp3) is 0.562. The van der Waals surface area contributed by atoms with Crippen molar-refractivity contribution in [3.05, 3.63) is 23.0 Å². The summed E-state index contributed by atoms with van der Waals surface area (Å²) < 4.78 is 1.76. The number of aromatic nitrogens is 3. The van der Waals surface area contributed by atoms with Gasteiger partial charge in [0, 0.05) is 25.8 Å². The van der Waals surface area contributed by atoms with Gasteiger partial charge in [0.05, 0.1) is 16.6 Å². The fourth-order valence-corrected chi connectivity index (χ4v) is 3.12. The van der Waals surface area contributed by atoms with Crippen LogP contribution in [0.2, 0.25) is 0 Å². The number of carbonyl (C=O) groups is 1. The van der Waals surface area contributed by atoms with Gasteiger partial charge >= 0.3 is 0 Å². The normalized spacial score (nSPS) is 16.7. The van der Waals surface area contributed by atoms with E-state index in [9.17, 15) is 4.79 Å². The third kappa shape index (κ3) is 2.41. The number of likely N-dealkylation sites (tertiary alicyclic amines) is 1. The molecular weight excluding hydrogens is 264 g/mol. The second kappa shape index (κ2) is 5.13. The summed E-state index contributed by atoms with van der Waals surface area (Å²) in [5, 5.41) is 5.31. The summed E-state index contributed by atoms with van der Waals surface area (Å²) >= 11 is 0. The lowest BCUT2D eigenvalue weighted by Crippen LogP contribution is -2.38. The zero-order valence-corrected chi connectivity index (χ0v) is 13.2. The van der Waals surface area contributed by atoms with Crippen LogP contribution in [0.5, 0.6) is 0 Å². The number of pyridine rings is 1. The second-order valence-corrected chi connectivity index (χ2v) is 6.19. The number of piperidine rings is 1. The van der Waals surface area contributed by atoms with Gasteiger partial charge in [0.15, 0.2) is 5.65 Å². The molecule has 112 valence electrons. The highest BCUT2D eigenvalue weighted by molar-refractivity contribution is 6.06. The monoisotopic (exact) mass is 286 g/mol. The van der Waals surface area contributed by atoms with E-state index in [1.54, 1.807) is 4.68 Å². The molecule has 1 fully saturated rings. The molecule has 1 aliphatic heterocycles. The van der Waals surface area contributed by atoms with Gasteiger partial charge in [0.1, 0.15) is 0 Å². The molecule has 1 aliphatic rings. The maximum Gasteiger partial charge on any atom is 0.254 e. The standard InChI is InChI=1S/C16H22N4O/c1-10-5-7-20(8-6-10)16(21)13-9-11(2)17-15-14(13)12(3)18-19(15)4/h9-10H,5-8H2,1-4H3. The van der Waals surface area contributed by atoms with E-state index in [0.717, 1.165) is 53.9 Å². The molecule has 3 rings (SSSR count). The van der Waals surface area contributed by atoms with Gasteiger partial charge in [-0.2, -0.15) is 5.10 Å². The zero-order valence-electron chi connectivity index (χ0n) is 13.2. The minimum Gasteiger partial charge on any atom is -0.339 e. The fourth-order valence-electron chi connectivity index (χ4n) is 3.12. The topological polar surface area (TPSA) is 51.0 Å². The lowest BCUT2D eigenvalue weighted by Gasteiger charge is -2.30. The minimum atomic E-state index is 0.119. The average Bonchev–Trinajstić information content (AvgIpc) is 2.73. The predicted octanol–water partition coefficient (Wildman–Crippen LogP) is 2.46. The van der Waals surface area contributed by atoms with E-state index in [1.807, 2.05) is 31.9 Å². The number of rotatable bonds is 1. The summed E-state index contributed by atoms with van der Waals surface area (Å²) in [6, 6.07) is 1.90. The Balaban J connectivity index is 2.05. The van der Waals surface area contributed by atoms with Gasteiger partial charge in [0.2, 0.25) is 0 Å². The molecule has 1 amide bonds. The highest BCUT2D eigenvalue weighted by Crippen LogP contribution is 2.25. The van der Waals surface area contributed by atoms with Crippen LogP contribution in [0.15, 0.2) is 6.07 Å². The van der Waals surface area contributed by atoms with Gasteiger partial charge in [-0.05, 0) is 38.7 Å². The molecule has 3 heterocycles. The minimum absolute atomic E-state index is 0.119. The van der Waals surface area contributed by atoms with Crippen molar-refractivity contribution in [3.63, 3.8) is 0 Å². The van der Waals surface area contributed by atoms with E-state index in [2.05, 4.69) is 17.0 Å².